The van der Waals surface area contributed by atoms with Crippen molar-refractivity contribution in [3.8, 4) is 5.75 Å². The molecule has 1 aromatic carbocycles. The molecule has 0 radical (unpaired) electrons. The SMILES string of the molecule is Cl.Cl.Cl.Cn1c(=O)c2cc(OCCCNCc3ccnc(CCc4cccnc4)c3)ccc2n(C)c1=O. The Balaban J connectivity index is 0.00000228. The highest BCUT2D eigenvalue weighted by molar-refractivity contribution is 5.86. The molecule has 0 amide bonds. The third-order valence-corrected chi connectivity index (χ3v) is 5.81. The number of halogens is 3. The topological polar surface area (TPSA) is 91.0 Å². The molecule has 4 rings (SSSR count). The van der Waals surface area contributed by atoms with Gasteiger partial charge in [-0.05, 0) is 73.3 Å². The quantitative estimate of drug-likeness (QED) is 0.294. The minimum atomic E-state index is -0.341. The molecule has 3 heterocycles. The molecule has 0 spiro atoms. The number of nitrogens with zero attached hydrogens (tertiary/aromatic N) is 4. The molecule has 37 heavy (non-hydrogen) atoms. The highest BCUT2D eigenvalue weighted by atomic mass is 35.5. The van der Waals surface area contributed by atoms with Crippen molar-refractivity contribution < 1.29 is 4.74 Å². The van der Waals surface area contributed by atoms with Gasteiger partial charge < -0.3 is 10.1 Å². The van der Waals surface area contributed by atoms with Crippen molar-refractivity contribution in [2.45, 2.75) is 25.8 Å². The summed E-state index contributed by atoms with van der Waals surface area (Å²) < 4.78 is 8.41. The number of ether oxygens (including phenoxy) is 1. The Morgan fingerprint density at radius 2 is 1.73 bits per heavy atom. The lowest BCUT2D eigenvalue weighted by Crippen LogP contribution is -2.36. The Morgan fingerprint density at radius 1 is 0.919 bits per heavy atom. The minimum absolute atomic E-state index is 0. The van der Waals surface area contributed by atoms with Gasteiger partial charge >= 0.3 is 5.69 Å². The van der Waals surface area contributed by atoms with Gasteiger partial charge in [0.25, 0.3) is 5.56 Å². The largest absolute Gasteiger partial charge is 0.494 e. The van der Waals surface area contributed by atoms with E-state index in [1.54, 1.807) is 31.4 Å². The maximum Gasteiger partial charge on any atom is 0.330 e. The molecule has 0 unspecified atom stereocenters. The normalized spacial score (nSPS) is 10.2. The van der Waals surface area contributed by atoms with Gasteiger partial charge in [-0.1, -0.05) is 6.07 Å². The van der Waals surface area contributed by atoms with Crippen LogP contribution < -0.4 is 21.3 Å². The number of aromatic nitrogens is 4. The summed E-state index contributed by atoms with van der Waals surface area (Å²) in [5.41, 5.74) is 3.43. The summed E-state index contributed by atoms with van der Waals surface area (Å²) in [7, 11) is 3.14. The lowest BCUT2D eigenvalue weighted by Gasteiger charge is -2.11. The monoisotopic (exact) mass is 567 g/mol. The Kier molecular flexibility index (Phi) is 13.3. The van der Waals surface area contributed by atoms with Gasteiger partial charge in [0.15, 0.2) is 0 Å². The molecule has 0 atom stereocenters. The van der Waals surface area contributed by atoms with E-state index in [-0.39, 0.29) is 48.5 Å². The van der Waals surface area contributed by atoms with Crippen molar-refractivity contribution in [3.05, 3.63) is 98.7 Å². The fraction of sp³-hybridized carbons (Fsp3) is 0.308. The molecule has 4 aromatic rings. The molecule has 0 aliphatic rings. The number of benzene rings is 1. The molecule has 0 saturated heterocycles. The third-order valence-electron chi connectivity index (χ3n) is 5.81. The Labute approximate surface area is 234 Å². The van der Waals surface area contributed by atoms with Crippen molar-refractivity contribution in [2.24, 2.45) is 14.1 Å². The van der Waals surface area contributed by atoms with E-state index in [9.17, 15) is 9.59 Å². The first-order valence-electron chi connectivity index (χ1n) is 11.4. The average molecular weight is 569 g/mol. The molecule has 1 N–H and O–H groups in total. The van der Waals surface area contributed by atoms with Gasteiger partial charge in [-0.3, -0.25) is 23.9 Å². The van der Waals surface area contributed by atoms with Crippen LogP contribution in [0.3, 0.4) is 0 Å². The lowest BCUT2D eigenvalue weighted by molar-refractivity contribution is 0.308. The number of pyridine rings is 2. The van der Waals surface area contributed by atoms with Crippen LogP contribution in [-0.4, -0.2) is 32.3 Å². The number of aryl methyl sites for hydroxylation is 3. The molecule has 8 nitrogen and oxygen atoms in total. The second-order valence-corrected chi connectivity index (χ2v) is 8.28. The second-order valence-electron chi connectivity index (χ2n) is 8.28. The minimum Gasteiger partial charge on any atom is -0.494 e. The van der Waals surface area contributed by atoms with Crippen LogP contribution in [0.25, 0.3) is 10.9 Å². The van der Waals surface area contributed by atoms with Crippen molar-refractivity contribution in [3.63, 3.8) is 0 Å². The molecule has 200 valence electrons. The van der Waals surface area contributed by atoms with Gasteiger partial charge in [0.05, 0.1) is 17.5 Å². The van der Waals surface area contributed by atoms with Gasteiger partial charge in [-0.15, -0.1) is 37.2 Å². The molecule has 0 saturated carbocycles. The lowest BCUT2D eigenvalue weighted by atomic mass is 10.1. The van der Waals surface area contributed by atoms with Crippen LogP contribution in [0.15, 0.2) is 70.6 Å². The van der Waals surface area contributed by atoms with E-state index >= 15 is 0 Å². The first-order valence-corrected chi connectivity index (χ1v) is 11.4. The zero-order valence-electron chi connectivity index (χ0n) is 20.8. The van der Waals surface area contributed by atoms with Gasteiger partial charge in [-0.25, -0.2) is 4.79 Å². The molecule has 11 heteroatoms. The average Bonchev–Trinajstić information content (AvgIpc) is 2.87. The van der Waals surface area contributed by atoms with E-state index in [4.69, 9.17) is 4.74 Å². The van der Waals surface area contributed by atoms with Crippen molar-refractivity contribution in [1.29, 1.82) is 0 Å². The number of hydrogen-bond acceptors (Lipinski definition) is 6. The summed E-state index contributed by atoms with van der Waals surface area (Å²) in [6, 6.07) is 13.5. The summed E-state index contributed by atoms with van der Waals surface area (Å²) in [4.78, 5) is 33.1. The number of fused-ring (bicyclic) bond motifs is 1. The third kappa shape index (κ3) is 8.30. The number of rotatable bonds is 10. The predicted octanol–water partition coefficient (Wildman–Crippen LogP) is 3.64. The first-order chi connectivity index (χ1) is 16.5. The van der Waals surface area contributed by atoms with Crippen LogP contribution in [0.2, 0.25) is 0 Å². The molecule has 3 aromatic heterocycles. The van der Waals surface area contributed by atoms with E-state index in [2.05, 4.69) is 27.4 Å². The maximum absolute atomic E-state index is 12.4. The smallest absolute Gasteiger partial charge is 0.330 e. The van der Waals surface area contributed by atoms with Crippen LogP contribution >= 0.6 is 37.2 Å². The summed E-state index contributed by atoms with van der Waals surface area (Å²) in [6.45, 7) is 2.09. The van der Waals surface area contributed by atoms with E-state index in [0.717, 1.165) is 42.6 Å². The van der Waals surface area contributed by atoms with Crippen LogP contribution in [0, 0.1) is 0 Å². The summed E-state index contributed by atoms with van der Waals surface area (Å²) >= 11 is 0. The summed E-state index contributed by atoms with van der Waals surface area (Å²) in [6.07, 6.45) is 8.17. The first kappa shape index (κ1) is 32.1. The Hall–Kier alpha value is -2.91. The van der Waals surface area contributed by atoms with Crippen molar-refractivity contribution in [1.82, 2.24) is 24.4 Å². The molecular weight excluding hydrogens is 537 g/mol. The molecule has 0 aliphatic heterocycles. The molecule has 0 bridgehead atoms. The van der Waals surface area contributed by atoms with Crippen molar-refractivity contribution in [2.75, 3.05) is 13.2 Å². The van der Waals surface area contributed by atoms with Crippen molar-refractivity contribution >= 4 is 48.1 Å². The van der Waals surface area contributed by atoms with Gasteiger partial charge in [-0.2, -0.15) is 0 Å². The zero-order chi connectivity index (χ0) is 23.9. The van der Waals surface area contributed by atoms with Gasteiger partial charge in [0.1, 0.15) is 5.75 Å². The van der Waals surface area contributed by atoms with E-state index in [1.165, 1.54) is 22.7 Å². The molecule has 0 aliphatic carbocycles. The van der Waals surface area contributed by atoms with Crippen LogP contribution in [0.1, 0.15) is 23.2 Å². The van der Waals surface area contributed by atoms with Crippen LogP contribution in [0.5, 0.6) is 5.75 Å². The van der Waals surface area contributed by atoms with Gasteiger partial charge in [0, 0.05) is 44.9 Å². The molecule has 0 fully saturated rings. The van der Waals surface area contributed by atoms with E-state index in [0.29, 0.717) is 23.3 Å². The van der Waals surface area contributed by atoms with Crippen LogP contribution in [0.4, 0.5) is 0 Å². The fourth-order valence-electron chi connectivity index (χ4n) is 3.88. The number of hydrogen-bond donors (Lipinski definition) is 1. The Morgan fingerprint density at radius 3 is 2.49 bits per heavy atom. The zero-order valence-corrected chi connectivity index (χ0v) is 23.2. The standard InChI is InChI=1S/C26H29N5O3.3ClH/c1-30-24-9-8-22(16-23(24)25(32)31(2)26(30)33)34-14-4-12-28-18-20-10-13-29-21(15-20)7-6-19-5-3-11-27-17-19;;;/h3,5,8-11,13,15-17,28H,4,6-7,12,14,18H2,1-2H3;3*1H. The highest BCUT2D eigenvalue weighted by Crippen LogP contribution is 2.17. The Bertz CT molecular complexity index is 1390. The highest BCUT2D eigenvalue weighted by Gasteiger charge is 2.09. The predicted molar refractivity (Wildman–Crippen MR) is 154 cm³/mol. The second kappa shape index (κ2) is 15.4. The number of nitrogens with one attached hydrogen (secondary N) is 1. The van der Waals surface area contributed by atoms with E-state index < -0.39 is 0 Å². The van der Waals surface area contributed by atoms with E-state index in [1.807, 2.05) is 24.5 Å². The molecular formula is C26H32Cl3N5O3. The summed E-state index contributed by atoms with van der Waals surface area (Å²) in [5, 5.41) is 3.91. The fourth-order valence-corrected chi connectivity index (χ4v) is 3.88. The maximum atomic E-state index is 12.4. The summed E-state index contributed by atoms with van der Waals surface area (Å²) in [5.74, 6) is 0.621. The van der Waals surface area contributed by atoms with Crippen LogP contribution in [-0.2, 0) is 33.5 Å². The van der Waals surface area contributed by atoms with Gasteiger partial charge in [0.2, 0.25) is 0 Å².